The molecule has 0 spiro atoms. The molecular formula is C15H29NO. The highest BCUT2D eigenvalue weighted by Crippen LogP contribution is 2.41. The summed E-state index contributed by atoms with van der Waals surface area (Å²) in [6.07, 6.45) is 6.42. The minimum atomic E-state index is 0.206. The molecular weight excluding hydrogens is 210 g/mol. The van der Waals surface area contributed by atoms with Gasteiger partial charge < -0.3 is 10.0 Å². The second kappa shape index (κ2) is 4.89. The lowest BCUT2D eigenvalue weighted by atomic mass is 9.70. The Bertz CT molecular complexity index is 264. The molecule has 2 fully saturated rings. The second-order valence-corrected chi connectivity index (χ2v) is 7.48. The van der Waals surface area contributed by atoms with Gasteiger partial charge in [-0.2, -0.15) is 0 Å². The van der Waals surface area contributed by atoms with Gasteiger partial charge >= 0.3 is 0 Å². The first-order valence-electron chi connectivity index (χ1n) is 7.28. The van der Waals surface area contributed by atoms with Gasteiger partial charge in [-0.3, -0.25) is 0 Å². The van der Waals surface area contributed by atoms with Crippen LogP contribution in [0, 0.1) is 16.7 Å². The summed E-state index contributed by atoms with van der Waals surface area (Å²) in [5, 5.41) is 9.82. The second-order valence-electron chi connectivity index (χ2n) is 7.48. The average Bonchev–Trinajstić information content (AvgIpc) is 2.58. The Hall–Kier alpha value is -0.0800. The van der Waals surface area contributed by atoms with E-state index in [9.17, 15) is 5.11 Å². The highest BCUT2D eigenvalue weighted by Gasteiger charge is 2.39. The first-order chi connectivity index (χ1) is 7.95. The number of likely N-dealkylation sites (tertiary alicyclic amines) is 1. The molecule has 2 atom stereocenters. The van der Waals surface area contributed by atoms with Gasteiger partial charge in [-0.15, -0.1) is 0 Å². The molecule has 100 valence electrons. The van der Waals surface area contributed by atoms with Crippen LogP contribution in [0.3, 0.4) is 0 Å². The van der Waals surface area contributed by atoms with Crippen LogP contribution in [0.5, 0.6) is 0 Å². The van der Waals surface area contributed by atoms with Crippen LogP contribution in [-0.2, 0) is 0 Å². The Morgan fingerprint density at radius 1 is 1.29 bits per heavy atom. The molecule has 2 heteroatoms. The zero-order valence-electron chi connectivity index (χ0n) is 11.8. The van der Waals surface area contributed by atoms with Crippen LogP contribution in [0.25, 0.3) is 0 Å². The molecule has 1 saturated heterocycles. The molecule has 0 aromatic heterocycles. The van der Waals surface area contributed by atoms with Crippen LogP contribution in [0.4, 0.5) is 0 Å². The van der Waals surface area contributed by atoms with Gasteiger partial charge in [0.25, 0.3) is 0 Å². The average molecular weight is 239 g/mol. The van der Waals surface area contributed by atoms with Gasteiger partial charge in [0, 0.05) is 25.1 Å². The molecule has 0 bridgehead atoms. The summed E-state index contributed by atoms with van der Waals surface area (Å²) in [4.78, 5) is 2.59. The summed E-state index contributed by atoms with van der Waals surface area (Å²) in [6.45, 7) is 11.0. The van der Waals surface area contributed by atoms with Crippen molar-refractivity contribution in [3.8, 4) is 0 Å². The Balaban J connectivity index is 1.95. The van der Waals surface area contributed by atoms with Crippen molar-refractivity contribution >= 4 is 0 Å². The maximum atomic E-state index is 9.82. The maximum Gasteiger partial charge on any atom is 0.0499 e. The van der Waals surface area contributed by atoms with Crippen molar-refractivity contribution in [1.82, 2.24) is 4.90 Å². The summed E-state index contributed by atoms with van der Waals surface area (Å²) in [6, 6.07) is 0. The molecule has 2 aliphatic rings. The lowest BCUT2D eigenvalue weighted by Gasteiger charge is -2.41. The molecule has 0 aromatic carbocycles. The van der Waals surface area contributed by atoms with E-state index >= 15 is 0 Å². The molecule has 1 N–H and O–H groups in total. The van der Waals surface area contributed by atoms with Gasteiger partial charge in [-0.1, -0.05) is 33.6 Å². The van der Waals surface area contributed by atoms with E-state index in [2.05, 4.69) is 25.7 Å². The van der Waals surface area contributed by atoms with E-state index in [1.807, 2.05) is 0 Å². The maximum absolute atomic E-state index is 9.82. The molecule has 2 unspecified atom stereocenters. The zero-order chi connectivity index (χ0) is 12.5. The van der Waals surface area contributed by atoms with Gasteiger partial charge in [-0.05, 0) is 37.1 Å². The molecule has 0 radical (unpaired) electrons. The quantitative estimate of drug-likeness (QED) is 0.818. The molecule has 1 heterocycles. The number of hydrogen-bond acceptors (Lipinski definition) is 2. The van der Waals surface area contributed by atoms with E-state index in [0.29, 0.717) is 12.0 Å². The van der Waals surface area contributed by atoms with Gasteiger partial charge in [0.2, 0.25) is 0 Å². The van der Waals surface area contributed by atoms with E-state index in [4.69, 9.17) is 0 Å². The van der Waals surface area contributed by atoms with Crippen LogP contribution in [0.2, 0.25) is 0 Å². The highest BCUT2D eigenvalue weighted by molar-refractivity contribution is 4.91. The van der Waals surface area contributed by atoms with Crippen molar-refractivity contribution in [2.75, 3.05) is 26.2 Å². The Morgan fingerprint density at radius 3 is 2.59 bits per heavy atom. The SMILES string of the molecule is CC1CCCC(CO)(CN2CCC(C)(C)C2)C1. The molecule has 1 saturated carbocycles. The molecule has 0 aromatic rings. The summed E-state index contributed by atoms with van der Waals surface area (Å²) < 4.78 is 0. The fraction of sp³-hybridized carbons (Fsp3) is 1.00. The Morgan fingerprint density at radius 2 is 2.06 bits per heavy atom. The van der Waals surface area contributed by atoms with E-state index in [0.717, 1.165) is 12.5 Å². The smallest absolute Gasteiger partial charge is 0.0499 e. The standard InChI is InChI=1S/C15H29NO/c1-13-5-4-6-15(9-13,12-17)11-16-8-7-14(2,3)10-16/h13,17H,4-12H2,1-3H3. The topological polar surface area (TPSA) is 23.5 Å². The van der Waals surface area contributed by atoms with Crippen LogP contribution >= 0.6 is 0 Å². The van der Waals surface area contributed by atoms with Gasteiger partial charge in [0.1, 0.15) is 0 Å². The molecule has 0 amide bonds. The lowest BCUT2D eigenvalue weighted by Crippen LogP contribution is -2.42. The van der Waals surface area contributed by atoms with E-state index in [1.54, 1.807) is 0 Å². The predicted octanol–water partition coefficient (Wildman–Crippen LogP) is 2.91. The molecule has 1 aliphatic carbocycles. The van der Waals surface area contributed by atoms with E-state index < -0.39 is 0 Å². The predicted molar refractivity (Wildman–Crippen MR) is 72.0 cm³/mol. The third kappa shape index (κ3) is 3.23. The summed E-state index contributed by atoms with van der Waals surface area (Å²) in [5.41, 5.74) is 0.689. The van der Waals surface area contributed by atoms with Crippen LogP contribution < -0.4 is 0 Å². The normalized spacial score (nSPS) is 38.5. The van der Waals surface area contributed by atoms with Crippen molar-refractivity contribution in [1.29, 1.82) is 0 Å². The Kier molecular flexibility index (Phi) is 3.84. The first kappa shape index (κ1) is 13.4. The van der Waals surface area contributed by atoms with Crippen molar-refractivity contribution < 1.29 is 5.11 Å². The summed E-state index contributed by atoms with van der Waals surface area (Å²) in [5.74, 6) is 0.798. The van der Waals surface area contributed by atoms with E-state index in [1.165, 1.54) is 45.2 Å². The molecule has 2 nitrogen and oxygen atoms in total. The minimum Gasteiger partial charge on any atom is -0.396 e. The van der Waals surface area contributed by atoms with Gasteiger partial charge in [-0.25, -0.2) is 0 Å². The summed E-state index contributed by atoms with van der Waals surface area (Å²) >= 11 is 0. The molecule has 2 rings (SSSR count). The minimum absolute atomic E-state index is 0.206. The van der Waals surface area contributed by atoms with Crippen molar-refractivity contribution in [2.45, 2.75) is 52.9 Å². The first-order valence-corrected chi connectivity index (χ1v) is 7.28. The van der Waals surface area contributed by atoms with Crippen LogP contribution in [0.1, 0.15) is 52.9 Å². The third-order valence-electron chi connectivity index (χ3n) is 4.84. The third-order valence-corrected chi connectivity index (χ3v) is 4.84. The number of rotatable bonds is 3. The van der Waals surface area contributed by atoms with Crippen LogP contribution in [0.15, 0.2) is 0 Å². The number of aliphatic hydroxyl groups is 1. The molecule has 1 aliphatic heterocycles. The van der Waals surface area contributed by atoms with E-state index in [-0.39, 0.29) is 5.41 Å². The van der Waals surface area contributed by atoms with Gasteiger partial charge in [0.15, 0.2) is 0 Å². The zero-order valence-corrected chi connectivity index (χ0v) is 11.8. The summed E-state index contributed by atoms with van der Waals surface area (Å²) in [7, 11) is 0. The number of nitrogens with zero attached hydrogens (tertiary/aromatic N) is 1. The van der Waals surface area contributed by atoms with Gasteiger partial charge in [0.05, 0.1) is 0 Å². The fourth-order valence-corrected chi connectivity index (χ4v) is 3.94. The number of aliphatic hydroxyl groups excluding tert-OH is 1. The Labute approximate surface area is 106 Å². The number of hydrogen-bond donors (Lipinski definition) is 1. The van der Waals surface area contributed by atoms with Crippen molar-refractivity contribution in [3.63, 3.8) is 0 Å². The molecule has 17 heavy (non-hydrogen) atoms. The van der Waals surface area contributed by atoms with Crippen molar-refractivity contribution in [3.05, 3.63) is 0 Å². The lowest BCUT2D eigenvalue weighted by molar-refractivity contribution is 0.0280. The fourth-order valence-electron chi connectivity index (χ4n) is 3.94. The van der Waals surface area contributed by atoms with Crippen LogP contribution in [-0.4, -0.2) is 36.2 Å². The largest absolute Gasteiger partial charge is 0.396 e. The highest BCUT2D eigenvalue weighted by atomic mass is 16.3. The monoisotopic (exact) mass is 239 g/mol. The van der Waals surface area contributed by atoms with Crippen molar-refractivity contribution in [2.24, 2.45) is 16.7 Å².